The van der Waals surface area contributed by atoms with Crippen molar-refractivity contribution in [3.63, 3.8) is 0 Å². The summed E-state index contributed by atoms with van der Waals surface area (Å²) < 4.78 is 12.1. The Bertz CT molecular complexity index is 793. The van der Waals surface area contributed by atoms with Crippen molar-refractivity contribution in [3.8, 4) is 11.5 Å². The maximum absolute atomic E-state index is 12.1. The number of carbonyl (C=O) groups is 2. The van der Waals surface area contributed by atoms with Crippen molar-refractivity contribution in [2.24, 2.45) is 0 Å². The zero-order valence-corrected chi connectivity index (χ0v) is 17.1. The quantitative estimate of drug-likeness (QED) is 0.650. The Labute approximate surface area is 167 Å². The summed E-state index contributed by atoms with van der Waals surface area (Å²) in [4.78, 5) is 24.0. The van der Waals surface area contributed by atoms with Gasteiger partial charge in [-0.15, -0.1) is 0 Å². The van der Waals surface area contributed by atoms with Crippen LogP contribution in [0.4, 0.5) is 0 Å². The van der Waals surface area contributed by atoms with Gasteiger partial charge in [-0.25, -0.2) is 0 Å². The Kier molecular flexibility index (Phi) is 7.67. The van der Waals surface area contributed by atoms with Crippen LogP contribution >= 0.6 is 15.9 Å². The number of carbonyl (C=O) groups excluding carboxylic acids is 2. The van der Waals surface area contributed by atoms with Gasteiger partial charge in [0, 0.05) is 10.0 Å². The fourth-order valence-electron chi connectivity index (χ4n) is 2.15. The lowest BCUT2D eigenvalue weighted by molar-refractivity contribution is -0.123. The summed E-state index contributed by atoms with van der Waals surface area (Å²) in [6, 6.07) is 12.2. The number of halogens is 1. The number of hydrazine groups is 1. The van der Waals surface area contributed by atoms with E-state index in [9.17, 15) is 9.59 Å². The summed E-state index contributed by atoms with van der Waals surface area (Å²) in [6.45, 7) is 5.70. The summed E-state index contributed by atoms with van der Waals surface area (Å²) in [7, 11) is 0. The number of benzene rings is 2. The number of hydrogen-bond acceptors (Lipinski definition) is 4. The fraction of sp³-hybridized carbons (Fsp3) is 0.300. The molecule has 27 heavy (non-hydrogen) atoms. The molecule has 0 aromatic heterocycles. The number of ether oxygens (including phenoxy) is 2. The highest BCUT2D eigenvalue weighted by molar-refractivity contribution is 9.10. The first-order chi connectivity index (χ1) is 12.9. The van der Waals surface area contributed by atoms with Crippen molar-refractivity contribution in [1.82, 2.24) is 10.9 Å². The lowest BCUT2D eigenvalue weighted by Crippen LogP contribution is -2.43. The van der Waals surface area contributed by atoms with E-state index in [1.54, 1.807) is 30.3 Å². The van der Waals surface area contributed by atoms with Gasteiger partial charge in [0.1, 0.15) is 11.5 Å². The molecule has 0 heterocycles. The third kappa shape index (κ3) is 6.60. The molecule has 0 saturated heterocycles. The molecule has 2 amide bonds. The molecular weight excluding hydrogens is 412 g/mol. The molecular formula is C20H23BrN2O4. The average molecular weight is 435 g/mol. The number of rotatable bonds is 7. The van der Waals surface area contributed by atoms with Crippen LogP contribution in [0.2, 0.25) is 0 Å². The van der Waals surface area contributed by atoms with E-state index in [1.165, 1.54) is 0 Å². The van der Waals surface area contributed by atoms with Crippen molar-refractivity contribution in [2.75, 3.05) is 6.61 Å². The summed E-state index contributed by atoms with van der Waals surface area (Å²) in [5.41, 5.74) is 6.01. The number of hydrogen-bond donors (Lipinski definition) is 2. The minimum absolute atomic E-state index is 0.110. The molecule has 7 heteroatoms. The normalized spacial score (nSPS) is 11.4. The molecule has 0 aliphatic carbocycles. The molecule has 0 spiro atoms. The van der Waals surface area contributed by atoms with E-state index < -0.39 is 11.8 Å². The lowest BCUT2D eigenvalue weighted by atomic mass is 10.2. The van der Waals surface area contributed by atoms with E-state index in [1.807, 2.05) is 32.9 Å². The van der Waals surface area contributed by atoms with Crippen LogP contribution in [0.5, 0.6) is 11.5 Å². The summed E-state index contributed by atoms with van der Waals surface area (Å²) >= 11 is 3.37. The Morgan fingerprint density at radius 3 is 2.44 bits per heavy atom. The van der Waals surface area contributed by atoms with E-state index in [2.05, 4.69) is 26.8 Å². The smallest absolute Gasteiger partial charge is 0.276 e. The molecule has 2 aromatic rings. The van der Waals surface area contributed by atoms with Crippen LogP contribution in [0.25, 0.3) is 0 Å². The van der Waals surface area contributed by atoms with Crippen LogP contribution in [0.1, 0.15) is 36.2 Å². The molecule has 2 rings (SSSR count). The zero-order chi connectivity index (χ0) is 19.8. The Morgan fingerprint density at radius 1 is 1.11 bits per heavy atom. The first kappa shape index (κ1) is 20.8. The standard InChI is InChI=1S/C20H23BrN2O4/c1-4-14(3)27-17-8-5-15(6-9-17)20(25)23-22-19(24)12-26-18-10-7-16(21)11-13(18)2/h5-11,14H,4,12H2,1-3H3,(H,22,24)(H,23,25). The van der Waals surface area contributed by atoms with E-state index in [0.717, 1.165) is 16.5 Å². The van der Waals surface area contributed by atoms with Gasteiger partial charge in [0.2, 0.25) is 0 Å². The third-order valence-corrected chi connectivity index (χ3v) is 4.33. The van der Waals surface area contributed by atoms with Crippen LogP contribution < -0.4 is 20.3 Å². The SMILES string of the molecule is CCC(C)Oc1ccc(C(=O)NNC(=O)COc2ccc(Br)cc2C)cc1. The molecule has 0 fully saturated rings. The Balaban J connectivity index is 1.79. The van der Waals surface area contributed by atoms with Gasteiger partial charge in [0.15, 0.2) is 6.61 Å². The van der Waals surface area contributed by atoms with Crippen LogP contribution in [-0.4, -0.2) is 24.5 Å². The van der Waals surface area contributed by atoms with Crippen molar-refractivity contribution in [3.05, 3.63) is 58.1 Å². The van der Waals surface area contributed by atoms with Crippen LogP contribution in [-0.2, 0) is 4.79 Å². The largest absolute Gasteiger partial charge is 0.491 e. The molecule has 0 saturated carbocycles. The second-order valence-electron chi connectivity index (χ2n) is 6.06. The summed E-state index contributed by atoms with van der Waals surface area (Å²) in [6.07, 6.45) is 1.01. The molecule has 0 aliphatic rings. The van der Waals surface area contributed by atoms with E-state index >= 15 is 0 Å². The number of nitrogens with one attached hydrogen (secondary N) is 2. The molecule has 6 nitrogen and oxygen atoms in total. The van der Waals surface area contributed by atoms with Gasteiger partial charge in [-0.3, -0.25) is 20.4 Å². The topological polar surface area (TPSA) is 76.7 Å². The second-order valence-corrected chi connectivity index (χ2v) is 6.98. The monoisotopic (exact) mass is 434 g/mol. The minimum Gasteiger partial charge on any atom is -0.491 e. The van der Waals surface area contributed by atoms with Crippen molar-refractivity contribution < 1.29 is 19.1 Å². The molecule has 1 unspecified atom stereocenters. The van der Waals surface area contributed by atoms with Crippen LogP contribution in [0.3, 0.4) is 0 Å². The summed E-state index contributed by atoms with van der Waals surface area (Å²) in [5.74, 6) is 0.431. The third-order valence-electron chi connectivity index (χ3n) is 3.84. The Morgan fingerprint density at radius 2 is 1.81 bits per heavy atom. The van der Waals surface area contributed by atoms with E-state index in [0.29, 0.717) is 17.1 Å². The van der Waals surface area contributed by atoms with Crippen molar-refractivity contribution in [2.45, 2.75) is 33.3 Å². The molecule has 2 aromatic carbocycles. The maximum Gasteiger partial charge on any atom is 0.276 e. The maximum atomic E-state index is 12.1. The van der Waals surface area contributed by atoms with Gasteiger partial charge in [-0.1, -0.05) is 22.9 Å². The van der Waals surface area contributed by atoms with Crippen LogP contribution in [0.15, 0.2) is 46.9 Å². The minimum atomic E-state index is -0.456. The van der Waals surface area contributed by atoms with E-state index in [-0.39, 0.29) is 12.7 Å². The molecule has 1 atom stereocenters. The number of amides is 2. The van der Waals surface area contributed by atoms with Crippen molar-refractivity contribution in [1.29, 1.82) is 0 Å². The first-order valence-corrected chi connectivity index (χ1v) is 9.43. The van der Waals surface area contributed by atoms with Gasteiger partial charge in [0.05, 0.1) is 6.10 Å². The molecule has 0 bridgehead atoms. The molecule has 144 valence electrons. The highest BCUT2D eigenvalue weighted by Gasteiger charge is 2.10. The van der Waals surface area contributed by atoms with Crippen molar-refractivity contribution >= 4 is 27.7 Å². The summed E-state index contributed by atoms with van der Waals surface area (Å²) in [5, 5.41) is 0. The number of aryl methyl sites for hydroxylation is 1. The first-order valence-electron chi connectivity index (χ1n) is 8.64. The van der Waals surface area contributed by atoms with Crippen LogP contribution in [0, 0.1) is 6.92 Å². The average Bonchev–Trinajstić information content (AvgIpc) is 2.65. The fourth-order valence-corrected chi connectivity index (χ4v) is 2.63. The predicted octanol–water partition coefficient (Wildman–Crippen LogP) is 3.77. The van der Waals surface area contributed by atoms with E-state index in [4.69, 9.17) is 9.47 Å². The van der Waals surface area contributed by atoms with Gasteiger partial charge >= 0.3 is 0 Å². The molecule has 0 aliphatic heterocycles. The zero-order valence-electron chi connectivity index (χ0n) is 15.5. The predicted molar refractivity (Wildman–Crippen MR) is 107 cm³/mol. The van der Waals surface area contributed by atoms with Gasteiger partial charge in [0.25, 0.3) is 11.8 Å². The lowest BCUT2D eigenvalue weighted by Gasteiger charge is -2.13. The molecule has 0 radical (unpaired) electrons. The van der Waals surface area contributed by atoms with Gasteiger partial charge in [-0.05, 0) is 68.3 Å². The highest BCUT2D eigenvalue weighted by Crippen LogP contribution is 2.22. The Hall–Kier alpha value is -2.54. The van der Waals surface area contributed by atoms with Gasteiger partial charge < -0.3 is 9.47 Å². The van der Waals surface area contributed by atoms with Gasteiger partial charge in [-0.2, -0.15) is 0 Å². The second kappa shape index (κ2) is 9.97. The highest BCUT2D eigenvalue weighted by atomic mass is 79.9. The molecule has 2 N–H and O–H groups in total.